The van der Waals surface area contributed by atoms with Crippen molar-refractivity contribution in [3.63, 3.8) is 0 Å². The van der Waals surface area contributed by atoms with Crippen LogP contribution in [-0.2, 0) is 11.2 Å². The predicted octanol–water partition coefficient (Wildman–Crippen LogP) is 5.13. The largest absolute Gasteiger partial charge is 0.497 e. The minimum absolute atomic E-state index is 0.0658. The third kappa shape index (κ3) is 5.32. The summed E-state index contributed by atoms with van der Waals surface area (Å²) in [5.41, 5.74) is 2.66. The number of thioether (sulfide) groups is 1. The van der Waals surface area contributed by atoms with Crippen molar-refractivity contribution in [3.05, 3.63) is 96.4 Å². The third-order valence-electron chi connectivity index (χ3n) is 4.57. The number of amides is 1. The number of methoxy groups -OCH3 is 1. The molecular formula is C24H21N3O3S. The monoisotopic (exact) mass is 431 g/mol. The van der Waals surface area contributed by atoms with Crippen molar-refractivity contribution in [3.8, 4) is 5.75 Å². The van der Waals surface area contributed by atoms with Crippen molar-refractivity contribution in [1.29, 1.82) is 0 Å². The first-order valence-corrected chi connectivity index (χ1v) is 10.7. The lowest BCUT2D eigenvalue weighted by Crippen LogP contribution is -2.27. The maximum Gasteiger partial charge on any atom is 0.242 e. The molecule has 0 N–H and O–H groups in total. The van der Waals surface area contributed by atoms with Gasteiger partial charge in [-0.15, -0.1) is 0 Å². The zero-order chi connectivity index (χ0) is 21.5. The van der Waals surface area contributed by atoms with Gasteiger partial charge >= 0.3 is 0 Å². The summed E-state index contributed by atoms with van der Waals surface area (Å²) in [7, 11) is 1.63. The van der Waals surface area contributed by atoms with E-state index in [1.807, 2.05) is 84.9 Å². The molecule has 0 fully saturated rings. The predicted molar refractivity (Wildman–Crippen MR) is 121 cm³/mol. The Balaban J connectivity index is 1.42. The van der Waals surface area contributed by atoms with Gasteiger partial charge in [-0.3, -0.25) is 9.69 Å². The number of carbonyl (C=O) groups excluding carboxylic acids is 1. The summed E-state index contributed by atoms with van der Waals surface area (Å²) in [5.74, 6) is 1.42. The Morgan fingerprint density at radius 1 is 0.935 bits per heavy atom. The van der Waals surface area contributed by atoms with Crippen LogP contribution in [0.5, 0.6) is 5.75 Å². The first kappa shape index (κ1) is 20.7. The van der Waals surface area contributed by atoms with Gasteiger partial charge in [0.2, 0.25) is 17.0 Å². The number of anilines is 2. The van der Waals surface area contributed by atoms with E-state index in [1.165, 1.54) is 11.8 Å². The van der Waals surface area contributed by atoms with Gasteiger partial charge in [-0.2, -0.15) is 4.98 Å². The fourth-order valence-electron chi connectivity index (χ4n) is 3.07. The number of para-hydroxylation sites is 2. The quantitative estimate of drug-likeness (QED) is 0.361. The van der Waals surface area contributed by atoms with Crippen LogP contribution in [0.1, 0.15) is 11.5 Å². The average Bonchev–Trinajstić information content (AvgIpc) is 3.27. The van der Waals surface area contributed by atoms with Gasteiger partial charge in [0.15, 0.2) is 0 Å². The van der Waals surface area contributed by atoms with Crippen LogP contribution >= 0.6 is 11.8 Å². The van der Waals surface area contributed by atoms with Gasteiger partial charge in [0.05, 0.1) is 19.3 Å². The van der Waals surface area contributed by atoms with E-state index < -0.39 is 0 Å². The maximum atomic E-state index is 13.1. The normalized spacial score (nSPS) is 10.6. The number of benzene rings is 3. The van der Waals surface area contributed by atoms with Crippen molar-refractivity contribution in [2.24, 2.45) is 0 Å². The second kappa shape index (κ2) is 9.95. The van der Waals surface area contributed by atoms with Crippen LogP contribution in [0.2, 0.25) is 0 Å². The van der Waals surface area contributed by atoms with E-state index in [9.17, 15) is 4.79 Å². The molecule has 0 aliphatic carbocycles. The molecule has 6 nitrogen and oxygen atoms in total. The van der Waals surface area contributed by atoms with Crippen LogP contribution in [0, 0.1) is 0 Å². The maximum absolute atomic E-state index is 13.1. The van der Waals surface area contributed by atoms with Crippen molar-refractivity contribution in [2.45, 2.75) is 11.6 Å². The molecule has 1 heterocycles. The van der Waals surface area contributed by atoms with Gasteiger partial charge in [0.1, 0.15) is 5.75 Å². The number of hydrogen-bond donors (Lipinski definition) is 0. The Hall–Kier alpha value is -3.58. The Morgan fingerprint density at radius 3 is 2.13 bits per heavy atom. The molecule has 1 aromatic heterocycles. The van der Waals surface area contributed by atoms with Gasteiger partial charge < -0.3 is 9.26 Å². The fraction of sp³-hybridized carbons (Fsp3) is 0.125. The molecule has 0 saturated heterocycles. The topological polar surface area (TPSA) is 68.5 Å². The molecule has 7 heteroatoms. The van der Waals surface area contributed by atoms with Gasteiger partial charge in [0.25, 0.3) is 0 Å². The van der Waals surface area contributed by atoms with Crippen LogP contribution in [0.15, 0.2) is 94.6 Å². The van der Waals surface area contributed by atoms with Gasteiger partial charge in [-0.1, -0.05) is 65.4 Å². The van der Waals surface area contributed by atoms with Crippen molar-refractivity contribution in [2.75, 3.05) is 17.8 Å². The van der Waals surface area contributed by atoms with Crippen LogP contribution in [0.3, 0.4) is 0 Å². The van der Waals surface area contributed by atoms with Gasteiger partial charge in [-0.05, 0) is 42.0 Å². The SMILES string of the molecule is COc1ccc(Cc2nc(SCC(=O)N(c3ccccc3)c3ccccc3)no2)cc1. The average molecular weight is 432 g/mol. The molecule has 0 aliphatic rings. The molecule has 0 saturated carbocycles. The molecule has 0 spiro atoms. The highest BCUT2D eigenvalue weighted by Crippen LogP contribution is 2.27. The summed E-state index contributed by atoms with van der Waals surface area (Å²) in [4.78, 5) is 19.2. The Labute approximate surface area is 184 Å². The van der Waals surface area contributed by atoms with Gasteiger partial charge in [0, 0.05) is 11.4 Å². The molecule has 0 bridgehead atoms. The van der Waals surface area contributed by atoms with E-state index in [-0.39, 0.29) is 11.7 Å². The van der Waals surface area contributed by atoms with Crippen molar-refractivity contribution < 1.29 is 14.1 Å². The highest BCUT2D eigenvalue weighted by atomic mass is 32.2. The first-order chi connectivity index (χ1) is 15.2. The van der Waals surface area contributed by atoms with Crippen LogP contribution in [-0.4, -0.2) is 28.9 Å². The molecule has 31 heavy (non-hydrogen) atoms. The molecule has 0 radical (unpaired) electrons. The molecule has 156 valence electrons. The van der Waals surface area contributed by atoms with E-state index in [0.717, 1.165) is 22.7 Å². The van der Waals surface area contributed by atoms with Crippen molar-refractivity contribution >= 4 is 29.0 Å². The Bertz CT molecular complexity index is 1080. The highest BCUT2D eigenvalue weighted by Gasteiger charge is 2.19. The summed E-state index contributed by atoms with van der Waals surface area (Å²) in [5, 5.41) is 4.45. The minimum Gasteiger partial charge on any atom is -0.497 e. The van der Waals surface area contributed by atoms with Crippen LogP contribution in [0.4, 0.5) is 11.4 Å². The summed E-state index contributed by atoms with van der Waals surface area (Å²) in [6, 6.07) is 26.9. The molecule has 0 aliphatic heterocycles. The van der Waals surface area contributed by atoms with Gasteiger partial charge in [-0.25, -0.2) is 0 Å². The second-order valence-electron chi connectivity index (χ2n) is 6.68. The second-order valence-corrected chi connectivity index (χ2v) is 7.63. The molecule has 0 unspecified atom stereocenters. The number of carbonyl (C=O) groups is 1. The number of nitrogens with zero attached hydrogens (tertiary/aromatic N) is 3. The summed E-state index contributed by atoms with van der Waals surface area (Å²) in [6.45, 7) is 0. The molecule has 4 aromatic rings. The molecule has 1 amide bonds. The lowest BCUT2D eigenvalue weighted by molar-refractivity contribution is -0.115. The van der Waals surface area contributed by atoms with Crippen LogP contribution < -0.4 is 9.64 Å². The Morgan fingerprint density at radius 2 is 1.55 bits per heavy atom. The number of rotatable bonds is 8. The molecule has 0 atom stereocenters. The van der Waals surface area contributed by atoms with E-state index in [2.05, 4.69) is 10.1 Å². The summed E-state index contributed by atoms with van der Waals surface area (Å²) < 4.78 is 10.5. The van der Waals surface area contributed by atoms with E-state index in [4.69, 9.17) is 9.26 Å². The van der Waals surface area contributed by atoms with E-state index in [0.29, 0.717) is 17.5 Å². The lowest BCUT2D eigenvalue weighted by Gasteiger charge is -2.22. The number of ether oxygens (including phenoxy) is 1. The minimum atomic E-state index is -0.0658. The molecule has 3 aromatic carbocycles. The zero-order valence-electron chi connectivity index (χ0n) is 17.0. The standard InChI is InChI=1S/C24H21N3O3S/c1-29-21-14-12-18(13-15-21)16-22-25-24(26-30-22)31-17-23(28)27(19-8-4-2-5-9-19)20-10-6-3-7-11-20/h2-15H,16-17H2,1H3. The zero-order valence-corrected chi connectivity index (χ0v) is 17.8. The summed E-state index contributed by atoms with van der Waals surface area (Å²) >= 11 is 1.26. The summed E-state index contributed by atoms with van der Waals surface area (Å²) in [6.07, 6.45) is 0.520. The highest BCUT2D eigenvalue weighted by molar-refractivity contribution is 7.99. The number of hydrogen-bond acceptors (Lipinski definition) is 6. The smallest absolute Gasteiger partial charge is 0.242 e. The fourth-order valence-corrected chi connectivity index (χ4v) is 3.71. The third-order valence-corrected chi connectivity index (χ3v) is 5.38. The van der Waals surface area contributed by atoms with E-state index >= 15 is 0 Å². The van der Waals surface area contributed by atoms with Crippen molar-refractivity contribution in [1.82, 2.24) is 10.1 Å². The number of aromatic nitrogens is 2. The lowest BCUT2D eigenvalue weighted by atomic mass is 10.1. The molecular weight excluding hydrogens is 410 g/mol. The van der Waals surface area contributed by atoms with Crippen LogP contribution in [0.25, 0.3) is 0 Å². The van der Waals surface area contributed by atoms with E-state index in [1.54, 1.807) is 12.0 Å². The molecule has 4 rings (SSSR count). The first-order valence-electron chi connectivity index (χ1n) is 9.74. The Kier molecular flexibility index (Phi) is 6.64.